The lowest BCUT2D eigenvalue weighted by Crippen LogP contribution is -2.53. The predicted octanol–water partition coefficient (Wildman–Crippen LogP) is 1.04. The molecule has 1 aliphatic heterocycles. The Bertz CT molecular complexity index is 626. The second-order valence-corrected chi connectivity index (χ2v) is 6.86. The number of carbonyl (C=O) groups is 1. The van der Waals surface area contributed by atoms with Crippen LogP contribution in [0.4, 0.5) is 0 Å². The molecule has 2 N–H and O–H groups in total. The van der Waals surface area contributed by atoms with Gasteiger partial charge in [-0.05, 0) is 30.5 Å². The fraction of sp³-hybridized carbons (Fsp3) is 0.579. The van der Waals surface area contributed by atoms with Crippen LogP contribution < -0.4 is 5.32 Å². The van der Waals surface area contributed by atoms with Crippen molar-refractivity contribution < 1.29 is 14.6 Å². The van der Waals surface area contributed by atoms with Gasteiger partial charge in [-0.1, -0.05) is 18.6 Å². The summed E-state index contributed by atoms with van der Waals surface area (Å²) < 4.78 is 5.59. The van der Waals surface area contributed by atoms with Crippen molar-refractivity contribution in [3.8, 4) is 6.07 Å². The molecule has 134 valence electrons. The SMILES string of the molecule is N#Cc1ccc(CNC(=O)CN2CCOC[C@@H]2[C@@H]2CCC[C@@H]2O)cc1. The van der Waals surface area contributed by atoms with E-state index < -0.39 is 0 Å². The zero-order valence-electron chi connectivity index (χ0n) is 14.4. The van der Waals surface area contributed by atoms with E-state index in [9.17, 15) is 9.90 Å². The van der Waals surface area contributed by atoms with Gasteiger partial charge < -0.3 is 15.2 Å². The largest absolute Gasteiger partial charge is 0.393 e. The van der Waals surface area contributed by atoms with Gasteiger partial charge in [-0.15, -0.1) is 0 Å². The van der Waals surface area contributed by atoms with Crippen molar-refractivity contribution in [2.75, 3.05) is 26.3 Å². The van der Waals surface area contributed by atoms with E-state index in [2.05, 4.69) is 16.3 Å². The van der Waals surface area contributed by atoms with Crippen molar-refractivity contribution in [1.29, 1.82) is 5.26 Å². The Balaban J connectivity index is 1.52. The first kappa shape index (κ1) is 17.9. The number of hydrogen-bond donors (Lipinski definition) is 2. The Kier molecular flexibility index (Phi) is 6.03. The number of hydrogen-bond acceptors (Lipinski definition) is 5. The van der Waals surface area contributed by atoms with Gasteiger partial charge in [0.15, 0.2) is 0 Å². The maximum absolute atomic E-state index is 12.3. The molecule has 1 heterocycles. The third-order valence-electron chi connectivity index (χ3n) is 5.23. The highest BCUT2D eigenvalue weighted by atomic mass is 16.5. The minimum atomic E-state index is -0.282. The number of amides is 1. The van der Waals surface area contributed by atoms with Crippen LogP contribution in [0, 0.1) is 17.2 Å². The molecule has 1 saturated heterocycles. The third-order valence-corrected chi connectivity index (χ3v) is 5.23. The van der Waals surface area contributed by atoms with Gasteiger partial charge in [-0.3, -0.25) is 9.69 Å². The predicted molar refractivity (Wildman–Crippen MR) is 92.5 cm³/mol. The van der Waals surface area contributed by atoms with Crippen LogP contribution in [-0.4, -0.2) is 54.4 Å². The Morgan fingerprint density at radius 1 is 1.36 bits per heavy atom. The zero-order chi connectivity index (χ0) is 17.6. The van der Waals surface area contributed by atoms with Gasteiger partial charge in [0.05, 0.1) is 37.5 Å². The van der Waals surface area contributed by atoms with E-state index in [1.54, 1.807) is 12.1 Å². The van der Waals surface area contributed by atoms with Crippen LogP contribution in [0.3, 0.4) is 0 Å². The van der Waals surface area contributed by atoms with Crippen LogP contribution in [0.5, 0.6) is 0 Å². The minimum absolute atomic E-state index is 0.0243. The second-order valence-electron chi connectivity index (χ2n) is 6.86. The van der Waals surface area contributed by atoms with Crippen LogP contribution in [-0.2, 0) is 16.1 Å². The van der Waals surface area contributed by atoms with Gasteiger partial charge in [-0.25, -0.2) is 0 Å². The Morgan fingerprint density at radius 3 is 2.84 bits per heavy atom. The molecule has 25 heavy (non-hydrogen) atoms. The van der Waals surface area contributed by atoms with Gasteiger partial charge in [0.1, 0.15) is 0 Å². The van der Waals surface area contributed by atoms with Crippen LogP contribution >= 0.6 is 0 Å². The summed E-state index contributed by atoms with van der Waals surface area (Å²) in [5.41, 5.74) is 1.58. The first-order chi connectivity index (χ1) is 12.2. The summed E-state index contributed by atoms with van der Waals surface area (Å²) in [7, 11) is 0. The quantitative estimate of drug-likeness (QED) is 0.834. The molecule has 0 spiro atoms. The van der Waals surface area contributed by atoms with E-state index in [1.807, 2.05) is 12.1 Å². The van der Waals surface area contributed by atoms with Gasteiger partial charge >= 0.3 is 0 Å². The molecule has 2 aliphatic rings. The van der Waals surface area contributed by atoms with Crippen LogP contribution in [0.2, 0.25) is 0 Å². The first-order valence-electron chi connectivity index (χ1n) is 8.93. The first-order valence-corrected chi connectivity index (χ1v) is 8.93. The van der Waals surface area contributed by atoms with Crippen LogP contribution in [0.25, 0.3) is 0 Å². The van der Waals surface area contributed by atoms with Crippen molar-refractivity contribution >= 4 is 5.91 Å². The second kappa shape index (κ2) is 8.43. The number of nitrogens with one attached hydrogen (secondary N) is 1. The number of rotatable bonds is 5. The van der Waals surface area contributed by atoms with Crippen molar-refractivity contribution in [1.82, 2.24) is 10.2 Å². The van der Waals surface area contributed by atoms with Crippen molar-refractivity contribution in [3.05, 3.63) is 35.4 Å². The van der Waals surface area contributed by atoms with E-state index in [0.29, 0.717) is 31.9 Å². The number of benzene rings is 1. The zero-order valence-corrected chi connectivity index (χ0v) is 14.4. The Morgan fingerprint density at radius 2 is 2.16 bits per heavy atom. The normalized spacial score (nSPS) is 27.0. The summed E-state index contributed by atoms with van der Waals surface area (Å²) in [5, 5.41) is 21.9. The molecule has 1 aliphatic carbocycles. The standard InChI is InChI=1S/C19H25N3O3/c20-10-14-4-6-15(7-5-14)11-21-19(24)12-22-8-9-25-13-17(22)16-2-1-3-18(16)23/h4-7,16-18,23H,1-3,8-9,11-13H2,(H,21,24)/t16-,17+,18-/m0/s1. The Labute approximate surface area is 148 Å². The molecule has 1 amide bonds. The molecule has 1 aromatic carbocycles. The summed E-state index contributed by atoms with van der Waals surface area (Å²) in [6.07, 6.45) is 2.61. The Hall–Kier alpha value is -1.94. The van der Waals surface area contributed by atoms with E-state index in [-0.39, 0.29) is 24.0 Å². The number of nitrogens with zero attached hydrogens (tertiary/aromatic N) is 2. The van der Waals surface area contributed by atoms with E-state index >= 15 is 0 Å². The lowest BCUT2D eigenvalue weighted by molar-refractivity contribution is -0.126. The highest BCUT2D eigenvalue weighted by molar-refractivity contribution is 5.78. The minimum Gasteiger partial charge on any atom is -0.393 e. The van der Waals surface area contributed by atoms with Crippen molar-refractivity contribution in [3.63, 3.8) is 0 Å². The fourth-order valence-electron chi connectivity index (χ4n) is 3.80. The number of morpholine rings is 1. The molecule has 0 bridgehead atoms. The summed E-state index contributed by atoms with van der Waals surface area (Å²) in [4.78, 5) is 14.5. The maximum Gasteiger partial charge on any atom is 0.234 e. The summed E-state index contributed by atoms with van der Waals surface area (Å²) >= 11 is 0. The molecule has 3 rings (SSSR count). The lowest BCUT2D eigenvalue weighted by Gasteiger charge is -2.39. The highest BCUT2D eigenvalue weighted by Crippen LogP contribution is 2.32. The molecule has 6 heteroatoms. The number of aliphatic hydroxyl groups is 1. The fourth-order valence-corrected chi connectivity index (χ4v) is 3.80. The molecular formula is C19H25N3O3. The monoisotopic (exact) mass is 343 g/mol. The van der Waals surface area contributed by atoms with Gasteiger partial charge in [0.25, 0.3) is 0 Å². The van der Waals surface area contributed by atoms with Crippen LogP contribution in [0.1, 0.15) is 30.4 Å². The summed E-state index contributed by atoms with van der Waals surface area (Å²) in [6.45, 7) is 2.71. The third kappa shape index (κ3) is 4.57. The molecule has 1 saturated carbocycles. The van der Waals surface area contributed by atoms with E-state index in [0.717, 1.165) is 31.4 Å². The molecule has 3 atom stereocenters. The lowest BCUT2D eigenvalue weighted by atomic mass is 9.94. The molecule has 1 aromatic rings. The van der Waals surface area contributed by atoms with Crippen molar-refractivity contribution in [2.45, 2.75) is 38.0 Å². The maximum atomic E-state index is 12.3. The number of aliphatic hydroxyl groups excluding tert-OH is 1. The summed E-state index contributed by atoms with van der Waals surface area (Å²) in [6, 6.07) is 9.41. The average Bonchev–Trinajstić information content (AvgIpc) is 3.07. The molecule has 0 radical (unpaired) electrons. The van der Waals surface area contributed by atoms with E-state index in [1.165, 1.54) is 0 Å². The number of ether oxygens (including phenoxy) is 1. The average molecular weight is 343 g/mol. The smallest absolute Gasteiger partial charge is 0.234 e. The number of nitriles is 1. The van der Waals surface area contributed by atoms with Crippen molar-refractivity contribution in [2.24, 2.45) is 5.92 Å². The topological polar surface area (TPSA) is 85.6 Å². The van der Waals surface area contributed by atoms with Gasteiger partial charge in [0, 0.05) is 25.0 Å². The molecule has 6 nitrogen and oxygen atoms in total. The van der Waals surface area contributed by atoms with E-state index in [4.69, 9.17) is 10.00 Å². The van der Waals surface area contributed by atoms with Gasteiger partial charge in [0.2, 0.25) is 5.91 Å². The van der Waals surface area contributed by atoms with Crippen LogP contribution in [0.15, 0.2) is 24.3 Å². The molecule has 2 fully saturated rings. The number of carbonyl (C=O) groups excluding carboxylic acids is 1. The van der Waals surface area contributed by atoms with Gasteiger partial charge in [-0.2, -0.15) is 5.26 Å². The molecular weight excluding hydrogens is 318 g/mol. The molecule has 0 aromatic heterocycles. The highest BCUT2D eigenvalue weighted by Gasteiger charge is 2.38. The summed E-state index contributed by atoms with van der Waals surface area (Å²) in [5.74, 6) is 0.176. The molecule has 0 unspecified atom stereocenters.